The van der Waals surface area contributed by atoms with Crippen LogP contribution in [0.1, 0.15) is 147 Å². The summed E-state index contributed by atoms with van der Waals surface area (Å²) in [6, 6.07) is 19.3. The van der Waals surface area contributed by atoms with Gasteiger partial charge < -0.3 is 15.5 Å². The SMILES string of the molecule is CCCC[N+]1=C(/C=C/C(=C/C=C2/N(CCCS(=O)(=O)O)c3ccc4c(S(=O)(=O)O)cc(S(=O)(=O)O)cc4c3C2(C)C)c2ccc(C(=O)NCCCCCC(=O)NCc3ccc(C(=O)CCCC(=O)Cc4nnc(S(N)(=O)=O)s4)cn3)cn2)C(C)(C)c2c1ccc1ccc(S(=O)(=O)O)cc21. The number of aromatic nitrogens is 4. The van der Waals surface area contributed by atoms with Crippen LogP contribution in [0.5, 0.6) is 0 Å². The number of fused-ring (bicyclic) bond motifs is 6. The van der Waals surface area contributed by atoms with E-state index in [4.69, 9.17) is 10.1 Å². The Morgan fingerprint density at radius 2 is 1.38 bits per heavy atom. The van der Waals surface area contributed by atoms with Crippen LogP contribution in [-0.2, 0) is 83.9 Å². The molecule has 3 aromatic heterocycles. The van der Waals surface area contributed by atoms with Crippen molar-refractivity contribution in [1.29, 1.82) is 0 Å². The van der Waals surface area contributed by atoms with Gasteiger partial charge in [-0.1, -0.05) is 63.2 Å². The van der Waals surface area contributed by atoms with E-state index in [1.54, 1.807) is 61.2 Å². The molecule has 5 heterocycles. The molecule has 0 atom stereocenters. The average Bonchev–Trinajstić information content (AvgIpc) is 1.59. The number of allylic oxidation sites excluding steroid dienone is 6. The fraction of sp³-hybridized carbons (Fsp3) is 0.348. The smallest absolute Gasteiger partial charge is 0.295 e. The Kier molecular flexibility index (Phi) is 22.7. The lowest BCUT2D eigenvalue weighted by Crippen LogP contribution is -2.28. The van der Waals surface area contributed by atoms with Crippen LogP contribution < -0.4 is 20.7 Å². The van der Waals surface area contributed by atoms with Gasteiger partial charge in [0.1, 0.15) is 22.2 Å². The summed E-state index contributed by atoms with van der Waals surface area (Å²) in [5.74, 6) is -1.79. The van der Waals surface area contributed by atoms with Gasteiger partial charge in [0.05, 0.1) is 50.9 Å². The van der Waals surface area contributed by atoms with Crippen LogP contribution in [0.3, 0.4) is 0 Å². The highest BCUT2D eigenvalue weighted by Gasteiger charge is 2.46. The fourth-order valence-corrected chi connectivity index (χ4v) is 16.2. The summed E-state index contributed by atoms with van der Waals surface area (Å²) in [4.78, 5) is 60.5. The molecule has 2 aliphatic rings. The van der Waals surface area contributed by atoms with Crippen molar-refractivity contribution in [2.24, 2.45) is 5.14 Å². The van der Waals surface area contributed by atoms with Gasteiger partial charge in [-0.3, -0.25) is 47.4 Å². The highest BCUT2D eigenvalue weighted by Crippen LogP contribution is 2.52. The number of primary sulfonamides is 1. The maximum absolute atomic E-state index is 13.7. The third kappa shape index (κ3) is 17.9. The first kappa shape index (κ1) is 75.0. The summed E-state index contributed by atoms with van der Waals surface area (Å²) in [6.07, 6.45) is 13.5. The number of nitrogens with zero attached hydrogens (tertiary/aromatic N) is 6. The second kappa shape index (κ2) is 29.9. The Hall–Kier alpha value is -8.22. The zero-order chi connectivity index (χ0) is 72.2. The minimum atomic E-state index is -5.10. The van der Waals surface area contributed by atoms with Crippen LogP contribution in [0.15, 0.2) is 140 Å². The third-order valence-corrected chi connectivity index (χ3v) is 22.8. The minimum absolute atomic E-state index is 0.0282. The van der Waals surface area contributed by atoms with Gasteiger partial charge >= 0.3 is 0 Å². The first-order valence-corrected chi connectivity index (χ1v) is 39.6. The first-order valence-electron chi connectivity index (χ1n) is 31.3. The number of sulfonamides is 1. The van der Waals surface area contributed by atoms with E-state index in [1.807, 2.05) is 45.1 Å². The topological polar surface area (TPSA) is 428 Å². The minimum Gasteiger partial charge on any atom is -0.352 e. The summed E-state index contributed by atoms with van der Waals surface area (Å²) in [5.41, 5.74) is 3.49. The molecule has 27 nitrogen and oxygen atoms in total. The average molecular weight is 1470 g/mol. The van der Waals surface area contributed by atoms with Gasteiger partial charge in [0.2, 0.25) is 15.9 Å². The molecule has 526 valence electrons. The predicted octanol–water partition coefficient (Wildman–Crippen LogP) is 8.57. The molecule has 7 aromatic rings. The van der Waals surface area contributed by atoms with E-state index in [-0.39, 0.29) is 106 Å². The quantitative estimate of drug-likeness (QED) is 0.00703. The van der Waals surface area contributed by atoms with Crippen molar-refractivity contribution in [2.45, 2.75) is 142 Å². The van der Waals surface area contributed by atoms with E-state index in [2.05, 4.69) is 30.4 Å². The van der Waals surface area contributed by atoms with Crippen LogP contribution in [0.25, 0.3) is 27.1 Å². The molecule has 0 saturated heterocycles. The standard InChI is InChI=1S/C66H73N9O18S6/c1-6-7-31-74-53-26-19-41-17-23-47(97(85,86)87)35-50(41)61(53)65(2,3)57(74)28-20-42(21-29-58-66(4,5)62-51-36-48(98(88,89)90)37-56(99(91,92)93)49(51)24-27-54(62)75(58)32-12-33-95(80,81)82)52-25-18-44(39-70-52)63(79)68-30-10-8-9-15-59(78)71-40-45-22-16-43(38-69-45)55(77)14-11-13-46(76)34-60-72-73-64(94-60)96(67,83)84/h16-29,35-39H,6-15,30-34,40H2,1-5H3,(H7-,67,68,71,78,79,80,81,82,83,84,85,86,87,88,89,90,91,92,93)/p+1. The van der Waals surface area contributed by atoms with Crippen molar-refractivity contribution in [3.63, 3.8) is 0 Å². The van der Waals surface area contributed by atoms with Gasteiger partial charge in [-0.2, -0.15) is 38.2 Å². The number of nitrogens with two attached hydrogens (primary N) is 1. The lowest BCUT2D eigenvalue weighted by Gasteiger charge is -2.27. The van der Waals surface area contributed by atoms with Crippen LogP contribution in [0.2, 0.25) is 0 Å². The number of ketones is 2. The second-order valence-electron chi connectivity index (χ2n) is 25.0. The van der Waals surface area contributed by atoms with Gasteiger partial charge in [0.25, 0.3) is 56.4 Å². The second-order valence-corrected chi connectivity index (χ2v) is 33.6. The van der Waals surface area contributed by atoms with E-state index >= 15 is 0 Å². The molecule has 2 aliphatic heterocycles. The summed E-state index contributed by atoms with van der Waals surface area (Å²) in [7, 11) is -23.3. The molecule has 4 aromatic carbocycles. The van der Waals surface area contributed by atoms with Crippen molar-refractivity contribution in [1.82, 2.24) is 30.8 Å². The summed E-state index contributed by atoms with van der Waals surface area (Å²) >= 11 is 0.709. The number of rotatable bonds is 31. The molecule has 0 aliphatic carbocycles. The lowest BCUT2D eigenvalue weighted by atomic mass is 9.79. The number of amides is 2. The number of benzene rings is 4. The summed E-state index contributed by atoms with van der Waals surface area (Å²) < 4.78 is 166. The summed E-state index contributed by atoms with van der Waals surface area (Å²) in [5, 5.41) is 19.4. The molecule has 99 heavy (non-hydrogen) atoms. The molecule has 9 rings (SSSR count). The Labute approximate surface area is 577 Å². The van der Waals surface area contributed by atoms with E-state index in [0.29, 0.717) is 88.1 Å². The van der Waals surface area contributed by atoms with Gasteiger partial charge in [-0.15, -0.1) is 10.2 Å². The monoisotopic (exact) mass is 1470 g/mol. The zero-order valence-electron chi connectivity index (χ0n) is 54.5. The number of carbonyl (C=O) groups is 4. The van der Waals surface area contributed by atoms with E-state index in [9.17, 15) is 79.5 Å². The molecule has 0 bridgehead atoms. The molecule has 0 radical (unpaired) electrons. The highest BCUT2D eigenvalue weighted by molar-refractivity contribution is 7.91. The van der Waals surface area contributed by atoms with Crippen molar-refractivity contribution < 1.29 is 84.1 Å². The zero-order valence-corrected chi connectivity index (χ0v) is 59.4. The van der Waals surface area contributed by atoms with Crippen LogP contribution in [0.4, 0.5) is 11.4 Å². The number of Topliss-reactive ketones (excluding diaryl/α,β-unsaturated/α-hetero) is 2. The third-order valence-electron chi connectivity index (χ3n) is 17.1. The van der Waals surface area contributed by atoms with Crippen molar-refractivity contribution in [3.8, 4) is 0 Å². The van der Waals surface area contributed by atoms with E-state index in [0.717, 1.165) is 41.3 Å². The van der Waals surface area contributed by atoms with Crippen molar-refractivity contribution >= 4 is 129 Å². The number of nitrogens with one attached hydrogen (secondary N) is 2. The summed E-state index contributed by atoms with van der Waals surface area (Å²) in [6.45, 7) is 10.5. The molecule has 0 fully saturated rings. The molecule has 2 amide bonds. The van der Waals surface area contributed by atoms with E-state index in [1.165, 1.54) is 36.7 Å². The Morgan fingerprint density at radius 3 is 2.03 bits per heavy atom. The molecule has 8 N–H and O–H groups in total. The Balaban J connectivity index is 0.923. The van der Waals surface area contributed by atoms with Gasteiger partial charge in [-0.05, 0) is 134 Å². The molecular formula is C66H74N9O18S6+. The number of anilines is 1. The molecular weight excluding hydrogens is 1400 g/mol. The van der Waals surface area contributed by atoms with Crippen LogP contribution in [0, 0.1) is 0 Å². The Bertz CT molecular complexity index is 5110. The number of pyridine rings is 2. The van der Waals surface area contributed by atoms with Gasteiger partial charge in [0, 0.05) is 102 Å². The maximum atomic E-state index is 13.7. The number of carbonyl (C=O) groups excluding carboxylic acids is 4. The molecule has 0 unspecified atom stereocenters. The number of hydrogen-bond acceptors (Lipinski definition) is 20. The molecule has 0 spiro atoms. The molecule has 33 heteroatoms. The Morgan fingerprint density at radius 1 is 0.677 bits per heavy atom. The highest BCUT2D eigenvalue weighted by atomic mass is 32.3. The fourth-order valence-electron chi connectivity index (χ4n) is 12.3. The maximum Gasteiger partial charge on any atom is 0.295 e. The van der Waals surface area contributed by atoms with Crippen molar-refractivity contribution in [2.75, 3.05) is 30.3 Å². The van der Waals surface area contributed by atoms with Gasteiger partial charge in [-0.25, -0.2) is 13.6 Å². The largest absolute Gasteiger partial charge is 0.352 e. The molecule has 0 saturated carbocycles. The van der Waals surface area contributed by atoms with Crippen LogP contribution >= 0.6 is 11.3 Å². The van der Waals surface area contributed by atoms with Gasteiger partial charge in [0.15, 0.2) is 11.5 Å². The van der Waals surface area contributed by atoms with Crippen LogP contribution in [-0.4, -0.2) is 140 Å². The number of hydrogen-bond donors (Lipinski definition) is 7. The lowest BCUT2D eigenvalue weighted by molar-refractivity contribution is -0.438. The first-order chi connectivity index (χ1) is 46.4. The van der Waals surface area contributed by atoms with Crippen molar-refractivity contribution in [3.05, 3.63) is 160 Å². The number of unbranched alkanes of at least 4 members (excludes halogenated alkanes) is 3. The predicted molar refractivity (Wildman–Crippen MR) is 371 cm³/mol. The van der Waals surface area contributed by atoms with E-state index < -0.39 is 82.8 Å². The normalized spacial score (nSPS) is 15.3.